The molecule has 21 heavy (non-hydrogen) atoms. The third-order valence-electron chi connectivity index (χ3n) is 3.99. The van der Waals surface area contributed by atoms with E-state index in [9.17, 15) is 4.79 Å². The summed E-state index contributed by atoms with van der Waals surface area (Å²) >= 11 is 0. The van der Waals surface area contributed by atoms with Gasteiger partial charge in [-0.25, -0.2) is 0 Å². The largest absolute Gasteiger partial charge is 0.481 e. The van der Waals surface area contributed by atoms with Crippen LogP contribution in [0.15, 0.2) is 0 Å². The molecular formula is C18H36O2Sc. The average Bonchev–Trinajstić information content (AvgIpc) is 2.43. The molecule has 123 valence electrons. The van der Waals surface area contributed by atoms with Gasteiger partial charge in [0.25, 0.3) is 0 Å². The van der Waals surface area contributed by atoms with Gasteiger partial charge in [-0.2, -0.15) is 0 Å². The fourth-order valence-corrected chi connectivity index (χ4v) is 2.65. The summed E-state index contributed by atoms with van der Waals surface area (Å²) in [5, 5.41) is 8.52. The second kappa shape index (κ2) is 20.3. The standard InChI is InChI=1S/C18H36O2.Sc/c1-2-3-4-5-6-7-8-9-10-11-12-13-14-15-16-17-18(19)20;/h2-17H2,1H3,(H,19,20);. The van der Waals surface area contributed by atoms with E-state index in [1.165, 1.54) is 83.5 Å². The van der Waals surface area contributed by atoms with E-state index in [1.807, 2.05) is 0 Å². The molecule has 0 rings (SSSR count). The second-order valence-electron chi connectivity index (χ2n) is 6.09. The number of hydrogen-bond donors (Lipinski definition) is 1. The summed E-state index contributed by atoms with van der Waals surface area (Å²) in [6.45, 7) is 2.27. The quantitative estimate of drug-likeness (QED) is 0.336. The summed E-state index contributed by atoms with van der Waals surface area (Å²) in [6, 6.07) is 0. The molecule has 0 atom stereocenters. The van der Waals surface area contributed by atoms with E-state index >= 15 is 0 Å². The van der Waals surface area contributed by atoms with E-state index in [4.69, 9.17) is 5.11 Å². The van der Waals surface area contributed by atoms with E-state index < -0.39 is 5.97 Å². The van der Waals surface area contributed by atoms with Crippen LogP contribution in [-0.4, -0.2) is 11.1 Å². The average molecular weight is 329 g/mol. The molecule has 0 heterocycles. The van der Waals surface area contributed by atoms with Gasteiger partial charge in [-0.3, -0.25) is 4.79 Å². The molecule has 0 aromatic carbocycles. The molecule has 0 amide bonds. The van der Waals surface area contributed by atoms with Gasteiger partial charge in [-0.1, -0.05) is 96.8 Å². The first-order chi connectivity index (χ1) is 9.77. The van der Waals surface area contributed by atoms with Crippen molar-refractivity contribution < 1.29 is 35.7 Å². The van der Waals surface area contributed by atoms with Crippen LogP contribution in [0.5, 0.6) is 0 Å². The number of unbranched alkanes of at least 4 members (excludes halogenated alkanes) is 14. The molecule has 0 saturated heterocycles. The summed E-state index contributed by atoms with van der Waals surface area (Å²) in [5.74, 6) is -0.653. The van der Waals surface area contributed by atoms with E-state index in [0.717, 1.165) is 12.8 Å². The molecule has 0 unspecified atom stereocenters. The Bertz CT molecular complexity index is 207. The van der Waals surface area contributed by atoms with Gasteiger partial charge in [0, 0.05) is 32.3 Å². The SMILES string of the molecule is CCCCCCCCCCCCCCCCCC(=O)O.[Sc]. The molecule has 0 aliphatic rings. The predicted molar refractivity (Wildman–Crippen MR) is 87.2 cm³/mol. The normalized spacial score (nSPS) is 10.3. The van der Waals surface area contributed by atoms with Crippen molar-refractivity contribution in [2.75, 3.05) is 0 Å². The molecule has 0 spiro atoms. The first kappa shape index (κ1) is 23.6. The van der Waals surface area contributed by atoms with Crippen LogP contribution in [-0.2, 0) is 30.6 Å². The first-order valence-corrected chi connectivity index (χ1v) is 8.99. The molecule has 1 radical (unpaired) electrons. The van der Waals surface area contributed by atoms with Crippen LogP contribution >= 0.6 is 0 Å². The minimum atomic E-state index is -0.653. The fourth-order valence-electron chi connectivity index (χ4n) is 2.65. The van der Waals surface area contributed by atoms with Crippen LogP contribution in [0.2, 0.25) is 0 Å². The Hall–Kier alpha value is 0.340. The van der Waals surface area contributed by atoms with Gasteiger partial charge in [0.2, 0.25) is 0 Å². The molecule has 0 saturated carbocycles. The Morgan fingerprint density at radius 3 is 1.19 bits per heavy atom. The van der Waals surface area contributed by atoms with Gasteiger partial charge in [0.1, 0.15) is 0 Å². The number of rotatable bonds is 16. The Balaban J connectivity index is 0. The van der Waals surface area contributed by atoms with Crippen molar-refractivity contribution in [3.05, 3.63) is 0 Å². The maximum Gasteiger partial charge on any atom is 0.303 e. The smallest absolute Gasteiger partial charge is 0.303 e. The van der Waals surface area contributed by atoms with Crippen LogP contribution in [0.4, 0.5) is 0 Å². The predicted octanol–water partition coefficient (Wildman–Crippen LogP) is 6.33. The first-order valence-electron chi connectivity index (χ1n) is 8.99. The summed E-state index contributed by atoms with van der Waals surface area (Å²) in [4.78, 5) is 10.3. The minimum Gasteiger partial charge on any atom is -0.481 e. The van der Waals surface area contributed by atoms with E-state index in [-0.39, 0.29) is 25.8 Å². The Morgan fingerprint density at radius 1 is 0.619 bits per heavy atom. The number of hydrogen-bond acceptors (Lipinski definition) is 1. The summed E-state index contributed by atoms with van der Waals surface area (Å²) < 4.78 is 0. The van der Waals surface area contributed by atoms with Crippen LogP contribution in [0.1, 0.15) is 110 Å². The monoisotopic (exact) mass is 329 g/mol. The van der Waals surface area contributed by atoms with Crippen molar-refractivity contribution in [1.82, 2.24) is 0 Å². The number of carbonyl (C=O) groups is 1. The van der Waals surface area contributed by atoms with Crippen LogP contribution in [0.3, 0.4) is 0 Å². The van der Waals surface area contributed by atoms with Crippen molar-refractivity contribution in [3.8, 4) is 0 Å². The zero-order valence-corrected chi connectivity index (χ0v) is 16.0. The molecule has 3 heteroatoms. The number of carboxylic acid groups (broad SMARTS) is 1. The van der Waals surface area contributed by atoms with Crippen molar-refractivity contribution in [2.24, 2.45) is 0 Å². The van der Waals surface area contributed by atoms with Gasteiger partial charge in [0.15, 0.2) is 0 Å². The topological polar surface area (TPSA) is 37.3 Å². The number of aliphatic carboxylic acids is 1. The Morgan fingerprint density at radius 2 is 0.905 bits per heavy atom. The molecule has 0 fully saturated rings. The zero-order chi connectivity index (χ0) is 14.9. The van der Waals surface area contributed by atoms with Crippen LogP contribution in [0.25, 0.3) is 0 Å². The summed E-state index contributed by atoms with van der Waals surface area (Å²) in [6.07, 6.45) is 20.2. The van der Waals surface area contributed by atoms with Gasteiger partial charge < -0.3 is 5.11 Å². The van der Waals surface area contributed by atoms with Crippen molar-refractivity contribution in [1.29, 1.82) is 0 Å². The molecule has 0 aliphatic heterocycles. The maximum atomic E-state index is 10.3. The molecule has 0 aromatic heterocycles. The third kappa shape index (κ3) is 22.8. The zero-order valence-electron chi connectivity index (χ0n) is 14.2. The molecule has 0 aromatic rings. The number of carboxylic acids is 1. The van der Waals surface area contributed by atoms with Gasteiger partial charge in [-0.05, 0) is 6.42 Å². The molecular weight excluding hydrogens is 293 g/mol. The van der Waals surface area contributed by atoms with Crippen LogP contribution in [0, 0.1) is 0 Å². The van der Waals surface area contributed by atoms with Crippen molar-refractivity contribution in [3.63, 3.8) is 0 Å². The second-order valence-corrected chi connectivity index (χ2v) is 6.09. The van der Waals surface area contributed by atoms with Crippen LogP contribution < -0.4 is 0 Å². The summed E-state index contributed by atoms with van der Waals surface area (Å²) in [5.41, 5.74) is 0. The van der Waals surface area contributed by atoms with E-state index in [2.05, 4.69) is 6.92 Å². The molecule has 0 bridgehead atoms. The van der Waals surface area contributed by atoms with E-state index in [1.54, 1.807) is 0 Å². The minimum absolute atomic E-state index is 0. The molecule has 1 N–H and O–H groups in total. The van der Waals surface area contributed by atoms with Gasteiger partial charge >= 0.3 is 5.97 Å². The summed E-state index contributed by atoms with van der Waals surface area (Å²) in [7, 11) is 0. The Kier molecular flexibility index (Phi) is 22.9. The Labute approximate surface area is 151 Å². The maximum absolute atomic E-state index is 10.3. The van der Waals surface area contributed by atoms with Crippen molar-refractivity contribution >= 4 is 5.97 Å². The third-order valence-corrected chi connectivity index (χ3v) is 3.99. The van der Waals surface area contributed by atoms with Crippen molar-refractivity contribution in [2.45, 2.75) is 110 Å². The van der Waals surface area contributed by atoms with Gasteiger partial charge in [0.05, 0.1) is 0 Å². The fraction of sp³-hybridized carbons (Fsp3) is 0.944. The van der Waals surface area contributed by atoms with E-state index in [0.29, 0.717) is 6.42 Å². The molecule has 0 aliphatic carbocycles. The van der Waals surface area contributed by atoms with Gasteiger partial charge in [-0.15, -0.1) is 0 Å². The molecule has 2 nitrogen and oxygen atoms in total.